The van der Waals surface area contributed by atoms with E-state index in [1.807, 2.05) is 19.9 Å². The number of rotatable bonds is 13. The molecule has 0 spiro atoms. The second kappa shape index (κ2) is 13.5. The highest BCUT2D eigenvalue weighted by Gasteiger charge is 2.64. The molecule has 0 saturated carbocycles. The third-order valence-electron chi connectivity index (χ3n) is 6.91. The molecule has 3 aromatic rings. The molecular formula is C31H35F3O9. The predicted molar refractivity (Wildman–Crippen MR) is 151 cm³/mol. The van der Waals surface area contributed by atoms with Gasteiger partial charge < -0.3 is 33.2 Å². The average Bonchev–Trinajstić information content (AvgIpc) is 2.94. The number of alkyl halides is 3. The number of esters is 1. The number of halogens is 3. The van der Waals surface area contributed by atoms with Gasteiger partial charge >= 0.3 is 17.8 Å². The van der Waals surface area contributed by atoms with Crippen LogP contribution in [-0.4, -0.2) is 56.9 Å². The van der Waals surface area contributed by atoms with Crippen LogP contribution in [0.15, 0.2) is 69.4 Å². The molecule has 12 heteroatoms. The quantitative estimate of drug-likeness (QED) is 0.148. The van der Waals surface area contributed by atoms with Gasteiger partial charge in [0, 0.05) is 24.1 Å². The minimum Gasteiger partial charge on any atom is -0.493 e. The van der Waals surface area contributed by atoms with Gasteiger partial charge in [-0.2, -0.15) is 13.2 Å². The highest BCUT2D eigenvalue weighted by molar-refractivity contribution is 5.88. The molecule has 0 amide bonds. The molecule has 0 aliphatic carbocycles. The Morgan fingerprint density at radius 2 is 1.70 bits per heavy atom. The van der Waals surface area contributed by atoms with Gasteiger partial charge in [0.15, 0.2) is 17.4 Å². The van der Waals surface area contributed by atoms with Gasteiger partial charge in [-0.3, -0.25) is 0 Å². The van der Waals surface area contributed by atoms with Crippen molar-refractivity contribution in [2.24, 2.45) is 0 Å². The zero-order valence-electron chi connectivity index (χ0n) is 24.7. The van der Waals surface area contributed by atoms with Gasteiger partial charge in [0.2, 0.25) is 11.5 Å². The Bertz CT molecular complexity index is 1490. The fourth-order valence-corrected chi connectivity index (χ4v) is 4.53. The second-order valence-corrected chi connectivity index (χ2v) is 10.2. The lowest BCUT2D eigenvalue weighted by atomic mass is 9.90. The molecule has 0 saturated heterocycles. The Hall–Kier alpha value is -4.03. The van der Waals surface area contributed by atoms with Crippen molar-refractivity contribution in [3.05, 3.63) is 76.2 Å². The van der Waals surface area contributed by atoms with E-state index in [9.17, 15) is 27.9 Å². The Morgan fingerprint density at radius 1 is 1.02 bits per heavy atom. The molecule has 1 aromatic heterocycles. The Morgan fingerprint density at radius 3 is 2.26 bits per heavy atom. The molecule has 0 aliphatic heterocycles. The van der Waals surface area contributed by atoms with Gasteiger partial charge in [-0.15, -0.1) is 0 Å². The Kier molecular flexibility index (Phi) is 10.5. The zero-order chi connectivity index (χ0) is 32.0. The summed E-state index contributed by atoms with van der Waals surface area (Å²) in [5, 5.41) is 11.9. The number of carbonyl (C=O) groups excluding carboxylic acids is 1. The maximum Gasteiger partial charge on any atom is 0.432 e. The van der Waals surface area contributed by atoms with Crippen molar-refractivity contribution in [2.45, 2.75) is 57.1 Å². The minimum atomic E-state index is -5.23. The molecule has 1 N–H and O–H groups in total. The van der Waals surface area contributed by atoms with Crippen LogP contribution in [0.2, 0.25) is 0 Å². The van der Waals surface area contributed by atoms with Crippen LogP contribution in [-0.2, 0) is 19.9 Å². The van der Waals surface area contributed by atoms with Gasteiger partial charge in [-0.05, 0) is 45.7 Å². The van der Waals surface area contributed by atoms with Crippen LogP contribution in [0.4, 0.5) is 13.2 Å². The number of allylic oxidation sites excluding steroid dienone is 2. The van der Waals surface area contributed by atoms with E-state index in [-0.39, 0.29) is 29.3 Å². The van der Waals surface area contributed by atoms with Crippen molar-refractivity contribution in [1.82, 2.24) is 0 Å². The number of hydrogen-bond acceptors (Lipinski definition) is 9. The van der Waals surface area contributed by atoms with Crippen molar-refractivity contribution >= 4 is 16.9 Å². The number of aliphatic hydroxyl groups is 1. The molecule has 2 aromatic carbocycles. The molecule has 1 heterocycles. The molecule has 0 radical (unpaired) electrons. The maximum absolute atomic E-state index is 14.6. The highest BCUT2D eigenvalue weighted by atomic mass is 19.4. The summed E-state index contributed by atoms with van der Waals surface area (Å²) < 4.78 is 76.1. The van der Waals surface area contributed by atoms with E-state index in [0.29, 0.717) is 11.8 Å². The summed E-state index contributed by atoms with van der Waals surface area (Å²) in [5.41, 5.74) is -5.58. The normalized spacial score (nSPS) is 15.1. The van der Waals surface area contributed by atoms with Crippen LogP contribution in [0.1, 0.15) is 39.2 Å². The molecule has 0 bridgehead atoms. The van der Waals surface area contributed by atoms with Crippen molar-refractivity contribution in [3.8, 4) is 17.2 Å². The molecule has 234 valence electrons. The summed E-state index contributed by atoms with van der Waals surface area (Å²) in [6, 6.07) is 10.5. The molecule has 9 nitrogen and oxygen atoms in total. The van der Waals surface area contributed by atoms with Crippen LogP contribution in [0.3, 0.4) is 0 Å². The van der Waals surface area contributed by atoms with E-state index in [4.69, 9.17) is 28.1 Å². The monoisotopic (exact) mass is 608 g/mol. The van der Waals surface area contributed by atoms with E-state index in [1.54, 1.807) is 0 Å². The molecule has 0 unspecified atom stereocenters. The van der Waals surface area contributed by atoms with Crippen molar-refractivity contribution in [1.29, 1.82) is 0 Å². The summed E-state index contributed by atoms with van der Waals surface area (Å²) >= 11 is 0. The zero-order valence-corrected chi connectivity index (χ0v) is 24.7. The lowest BCUT2D eigenvalue weighted by Gasteiger charge is -2.37. The molecule has 43 heavy (non-hydrogen) atoms. The van der Waals surface area contributed by atoms with Gasteiger partial charge in [0.05, 0.1) is 14.2 Å². The van der Waals surface area contributed by atoms with Crippen molar-refractivity contribution < 1.29 is 51.2 Å². The fraction of sp³-hybridized carbons (Fsp3) is 0.419. The van der Waals surface area contributed by atoms with E-state index in [2.05, 4.69) is 0 Å². The topological polar surface area (TPSA) is 114 Å². The predicted octanol–water partition coefficient (Wildman–Crippen LogP) is 5.70. The molecule has 0 aliphatic rings. The summed E-state index contributed by atoms with van der Waals surface area (Å²) in [6.45, 7) is 4.38. The van der Waals surface area contributed by atoms with Crippen molar-refractivity contribution in [2.75, 3.05) is 27.9 Å². The smallest absolute Gasteiger partial charge is 0.432 e. The number of hydrogen-bond donors (Lipinski definition) is 1. The first-order valence-corrected chi connectivity index (χ1v) is 13.3. The third kappa shape index (κ3) is 7.14. The van der Waals surface area contributed by atoms with Gasteiger partial charge in [0.1, 0.15) is 12.2 Å². The number of ether oxygens (including phenoxy) is 5. The van der Waals surface area contributed by atoms with Gasteiger partial charge in [0.25, 0.3) is 5.60 Å². The summed E-state index contributed by atoms with van der Waals surface area (Å²) in [6.07, 6.45) is -4.74. The third-order valence-corrected chi connectivity index (χ3v) is 6.91. The van der Waals surface area contributed by atoms with Crippen LogP contribution in [0.25, 0.3) is 11.0 Å². The first-order chi connectivity index (χ1) is 20.2. The van der Waals surface area contributed by atoms with E-state index < -0.39 is 47.2 Å². The highest BCUT2D eigenvalue weighted by Crippen LogP contribution is 2.45. The summed E-state index contributed by atoms with van der Waals surface area (Å²) in [5.74, 6) is -1.82. The Labute approximate surface area is 246 Å². The maximum atomic E-state index is 14.6. The average molecular weight is 609 g/mol. The lowest BCUT2D eigenvalue weighted by Crippen LogP contribution is -2.55. The number of carbonyl (C=O) groups is 1. The van der Waals surface area contributed by atoms with Gasteiger partial charge in [-0.25, -0.2) is 9.59 Å². The van der Waals surface area contributed by atoms with Gasteiger partial charge in [-0.1, -0.05) is 42.0 Å². The van der Waals surface area contributed by atoms with Crippen LogP contribution < -0.4 is 19.8 Å². The minimum absolute atomic E-state index is 0.00229. The number of benzene rings is 2. The van der Waals surface area contributed by atoms with Crippen LogP contribution in [0.5, 0.6) is 17.2 Å². The largest absolute Gasteiger partial charge is 0.493 e. The van der Waals surface area contributed by atoms with Crippen LogP contribution >= 0.6 is 0 Å². The lowest BCUT2D eigenvalue weighted by molar-refractivity contribution is -0.281. The van der Waals surface area contributed by atoms with E-state index in [1.165, 1.54) is 57.5 Å². The summed E-state index contributed by atoms with van der Waals surface area (Å²) in [7, 11) is 3.38. The SMILES string of the molecule is COc1cc2ccc(=O)oc2c(OC)c1OC[C@@H](OC(=O)[C@](OC)(c1ccccc1)C(F)(F)F)[C@](C)(O)CCC=C(C)C. The standard InChI is InChI=1S/C31H35F3O9/c1-19(2)11-10-16-29(3,37)23(42-28(36)30(40-6,31(32,33)34)21-12-8-7-9-13-21)18-41-26-22(38-4)17-20-14-15-24(35)43-25(20)27(26)39-5/h7-9,11-15,17,23,37H,10,16,18H2,1-6H3/t23-,29-,30-/m1/s1. The molecule has 3 rings (SSSR count). The molecule has 3 atom stereocenters. The number of fused-ring (bicyclic) bond motifs is 1. The molecular weight excluding hydrogens is 573 g/mol. The Balaban J connectivity index is 2.08. The van der Waals surface area contributed by atoms with E-state index in [0.717, 1.165) is 24.8 Å². The van der Waals surface area contributed by atoms with Crippen LogP contribution in [0, 0.1) is 0 Å². The fourth-order valence-electron chi connectivity index (χ4n) is 4.53. The summed E-state index contributed by atoms with van der Waals surface area (Å²) in [4.78, 5) is 25.4. The van der Waals surface area contributed by atoms with E-state index >= 15 is 0 Å². The second-order valence-electron chi connectivity index (χ2n) is 10.2. The molecule has 0 fully saturated rings. The number of methoxy groups -OCH3 is 3. The first-order valence-electron chi connectivity index (χ1n) is 13.3. The van der Waals surface area contributed by atoms with Crippen molar-refractivity contribution in [3.63, 3.8) is 0 Å². The first kappa shape index (κ1) is 33.5.